The maximum Gasteiger partial charge on any atom is 0.260 e. The predicted octanol–water partition coefficient (Wildman–Crippen LogP) is 4.29. The topological polar surface area (TPSA) is 68.5 Å². The lowest BCUT2D eigenvalue weighted by molar-refractivity contribution is -0.134. The summed E-state index contributed by atoms with van der Waals surface area (Å²) in [7, 11) is 0. The fourth-order valence-corrected chi connectivity index (χ4v) is 2.75. The van der Waals surface area contributed by atoms with E-state index in [1.807, 2.05) is 61.5 Å². The zero-order chi connectivity index (χ0) is 19.9. The van der Waals surface area contributed by atoms with E-state index in [1.54, 1.807) is 4.90 Å². The van der Waals surface area contributed by atoms with Crippen LogP contribution < -0.4 is 4.74 Å². The van der Waals surface area contributed by atoms with E-state index in [-0.39, 0.29) is 19.1 Å². The zero-order valence-corrected chi connectivity index (χ0v) is 16.5. The molecule has 1 heterocycles. The Morgan fingerprint density at radius 1 is 1.11 bits per heavy atom. The second kappa shape index (κ2) is 9.17. The van der Waals surface area contributed by atoms with Gasteiger partial charge < -0.3 is 14.2 Å². The van der Waals surface area contributed by atoms with Crippen molar-refractivity contribution < 1.29 is 14.1 Å². The molecule has 0 unspecified atom stereocenters. The third kappa shape index (κ3) is 4.97. The maximum absolute atomic E-state index is 12.5. The number of amides is 1. The van der Waals surface area contributed by atoms with Crippen molar-refractivity contribution in [3.63, 3.8) is 0 Å². The largest absolute Gasteiger partial charge is 0.484 e. The van der Waals surface area contributed by atoms with E-state index < -0.39 is 0 Å². The van der Waals surface area contributed by atoms with E-state index >= 15 is 0 Å². The molecule has 0 aliphatic rings. The minimum Gasteiger partial charge on any atom is -0.484 e. The van der Waals surface area contributed by atoms with E-state index in [0.29, 0.717) is 29.9 Å². The van der Waals surface area contributed by atoms with Gasteiger partial charge in [0.2, 0.25) is 11.7 Å². The van der Waals surface area contributed by atoms with Gasteiger partial charge in [0.15, 0.2) is 6.61 Å². The van der Waals surface area contributed by atoms with E-state index in [1.165, 1.54) is 5.56 Å². The van der Waals surface area contributed by atoms with Crippen molar-refractivity contribution in [2.75, 3.05) is 13.2 Å². The summed E-state index contributed by atoms with van der Waals surface area (Å²) in [5.41, 5.74) is 2.11. The fourth-order valence-electron chi connectivity index (χ4n) is 2.75. The summed E-state index contributed by atoms with van der Waals surface area (Å²) >= 11 is 0. The highest BCUT2D eigenvalue weighted by atomic mass is 16.5. The summed E-state index contributed by atoms with van der Waals surface area (Å²) in [6.45, 7) is 6.93. The minimum absolute atomic E-state index is 0.0332. The number of ether oxygens (including phenoxy) is 1. The highest BCUT2D eigenvalue weighted by Gasteiger charge is 2.17. The normalized spacial score (nSPS) is 10.9. The second-order valence-corrected chi connectivity index (χ2v) is 6.80. The number of hydrogen-bond acceptors (Lipinski definition) is 5. The van der Waals surface area contributed by atoms with Crippen LogP contribution in [0.15, 0.2) is 59.1 Å². The summed E-state index contributed by atoms with van der Waals surface area (Å²) in [5, 5.41) is 3.99. The first kappa shape index (κ1) is 19.6. The van der Waals surface area contributed by atoms with Crippen LogP contribution in [0.5, 0.6) is 5.75 Å². The highest BCUT2D eigenvalue weighted by Crippen LogP contribution is 2.19. The monoisotopic (exact) mass is 379 g/mol. The molecule has 0 atom stereocenters. The molecule has 2 aromatic carbocycles. The van der Waals surface area contributed by atoms with E-state index in [9.17, 15) is 4.79 Å². The van der Waals surface area contributed by atoms with Gasteiger partial charge in [0.05, 0.1) is 0 Å². The molecule has 0 spiro atoms. The zero-order valence-electron chi connectivity index (χ0n) is 16.5. The van der Waals surface area contributed by atoms with Crippen LogP contribution in [0.4, 0.5) is 0 Å². The van der Waals surface area contributed by atoms with Gasteiger partial charge in [-0.2, -0.15) is 4.98 Å². The van der Waals surface area contributed by atoms with E-state index in [2.05, 4.69) is 24.0 Å². The fraction of sp³-hybridized carbons (Fsp3) is 0.318. The number of likely N-dealkylation sites (N-methyl/N-ethyl adjacent to an activating group) is 1. The quantitative estimate of drug-likeness (QED) is 0.584. The SMILES string of the molecule is CCN(Cc1nc(-c2ccccc2)no1)C(=O)COc1ccc(C(C)C)cc1. The molecule has 0 radical (unpaired) electrons. The second-order valence-electron chi connectivity index (χ2n) is 6.80. The number of benzene rings is 2. The molecule has 1 amide bonds. The van der Waals surface area contributed by atoms with Crippen LogP contribution in [0.3, 0.4) is 0 Å². The summed E-state index contributed by atoms with van der Waals surface area (Å²) in [6, 6.07) is 17.4. The molecule has 1 aromatic heterocycles. The Labute approximate surface area is 165 Å². The summed E-state index contributed by atoms with van der Waals surface area (Å²) in [5.74, 6) is 1.92. The molecule has 0 aliphatic heterocycles. The van der Waals surface area contributed by atoms with Crippen LogP contribution in [0.1, 0.15) is 38.1 Å². The molecule has 0 N–H and O–H groups in total. The molecule has 0 aliphatic carbocycles. The van der Waals surface area contributed by atoms with Crippen molar-refractivity contribution in [3.05, 3.63) is 66.1 Å². The van der Waals surface area contributed by atoms with Crippen molar-refractivity contribution in [3.8, 4) is 17.1 Å². The van der Waals surface area contributed by atoms with Crippen LogP contribution in [0, 0.1) is 0 Å². The van der Waals surface area contributed by atoms with Gasteiger partial charge in [0, 0.05) is 12.1 Å². The van der Waals surface area contributed by atoms with Crippen molar-refractivity contribution in [1.82, 2.24) is 15.0 Å². The first-order valence-electron chi connectivity index (χ1n) is 9.45. The molecular formula is C22H25N3O3. The number of carbonyl (C=O) groups is 1. The highest BCUT2D eigenvalue weighted by molar-refractivity contribution is 5.77. The first-order valence-corrected chi connectivity index (χ1v) is 9.45. The molecule has 6 nitrogen and oxygen atoms in total. The van der Waals surface area contributed by atoms with Gasteiger partial charge in [-0.1, -0.05) is 61.5 Å². The van der Waals surface area contributed by atoms with Gasteiger partial charge in [-0.05, 0) is 30.5 Å². The molecule has 28 heavy (non-hydrogen) atoms. The number of aromatic nitrogens is 2. The third-order valence-corrected chi connectivity index (χ3v) is 4.47. The summed E-state index contributed by atoms with van der Waals surface area (Å²) < 4.78 is 10.9. The summed E-state index contributed by atoms with van der Waals surface area (Å²) in [6.07, 6.45) is 0. The van der Waals surface area contributed by atoms with Crippen LogP contribution in [0.2, 0.25) is 0 Å². The molecule has 3 aromatic rings. The number of nitrogens with zero attached hydrogens (tertiary/aromatic N) is 3. The standard InChI is InChI=1S/C22H25N3O3/c1-4-25(14-20-23-22(24-28-20)18-8-6-5-7-9-18)21(26)15-27-19-12-10-17(11-13-19)16(2)3/h5-13,16H,4,14-15H2,1-3H3. The Kier molecular flexibility index (Phi) is 6.42. The van der Waals surface area contributed by atoms with E-state index in [4.69, 9.17) is 9.26 Å². The predicted molar refractivity (Wildman–Crippen MR) is 107 cm³/mol. The average molecular weight is 379 g/mol. The van der Waals surface area contributed by atoms with E-state index in [0.717, 1.165) is 5.56 Å². The molecule has 6 heteroatoms. The van der Waals surface area contributed by atoms with Crippen LogP contribution in [-0.4, -0.2) is 34.1 Å². The molecule has 0 fully saturated rings. The Morgan fingerprint density at radius 3 is 2.46 bits per heavy atom. The van der Waals surface area contributed by atoms with Gasteiger partial charge in [-0.25, -0.2) is 0 Å². The van der Waals surface area contributed by atoms with Gasteiger partial charge >= 0.3 is 0 Å². The van der Waals surface area contributed by atoms with Crippen molar-refractivity contribution in [2.24, 2.45) is 0 Å². The van der Waals surface area contributed by atoms with Crippen molar-refractivity contribution in [2.45, 2.75) is 33.2 Å². The minimum atomic E-state index is -0.130. The number of rotatable bonds is 8. The Balaban J connectivity index is 1.57. The van der Waals surface area contributed by atoms with Gasteiger partial charge in [-0.15, -0.1) is 0 Å². The molecular weight excluding hydrogens is 354 g/mol. The smallest absolute Gasteiger partial charge is 0.260 e. The molecule has 3 rings (SSSR count). The van der Waals surface area contributed by atoms with Crippen molar-refractivity contribution >= 4 is 5.91 Å². The van der Waals surface area contributed by atoms with Crippen molar-refractivity contribution in [1.29, 1.82) is 0 Å². The van der Waals surface area contributed by atoms with Gasteiger partial charge in [0.1, 0.15) is 12.3 Å². The van der Waals surface area contributed by atoms with Gasteiger partial charge in [0.25, 0.3) is 5.91 Å². The number of hydrogen-bond donors (Lipinski definition) is 0. The first-order chi connectivity index (χ1) is 13.6. The third-order valence-electron chi connectivity index (χ3n) is 4.47. The lowest BCUT2D eigenvalue weighted by Gasteiger charge is -2.19. The molecule has 0 bridgehead atoms. The lowest BCUT2D eigenvalue weighted by atomic mass is 10.0. The Morgan fingerprint density at radius 2 is 1.82 bits per heavy atom. The Bertz CT molecular complexity index is 889. The van der Waals surface area contributed by atoms with Gasteiger partial charge in [-0.3, -0.25) is 4.79 Å². The maximum atomic E-state index is 12.5. The van der Waals surface area contributed by atoms with Crippen LogP contribution in [-0.2, 0) is 11.3 Å². The molecule has 0 saturated heterocycles. The Hall–Kier alpha value is -3.15. The van der Waals surface area contributed by atoms with Crippen LogP contribution >= 0.6 is 0 Å². The average Bonchev–Trinajstić information content (AvgIpc) is 3.20. The number of carbonyl (C=O) groups excluding carboxylic acids is 1. The molecule has 146 valence electrons. The molecule has 0 saturated carbocycles. The summed E-state index contributed by atoms with van der Waals surface area (Å²) in [4.78, 5) is 18.5. The van der Waals surface area contributed by atoms with Crippen LogP contribution in [0.25, 0.3) is 11.4 Å². The lowest BCUT2D eigenvalue weighted by Crippen LogP contribution is -2.34.